The van der Waals surface area contributed by atoms with E-state index in [1.807, 2.05) is 11.8 Å². The minimum absolute atomic E-state index is 0.211. The SMILES string of the molecule is CC(C)NCCCC(=O)NCC1CCSC1. The predicted molar refractivity (Wildman–Crippen MR) is 70.8 cm³/mol. The fourth-order valence-corrected chi connectivity index (χ4v) is 3.02. The second-order valence-corrected chi connectivity index (χ2v) is 5.90. The molecule has 2 N–H and O–H groups in total. The first-order valence-electron chi connectivity index (χ1n) is 6.26. The summed E-state index contributed by atoms with van der Waals surface area (Å²) in [5, 5.41) is 6.35. The third-order valence-electron chi connectivity index (χ3n) is 2.75. The third kappa shape index (κ3) is 6.38. The molecular weight excluding hydrogens is 220 g/mol. The van der Waals surface area contributed by atoms with Crippen molar-refractivity contribution >= 4 is 17.7 Å². The van der Waals surface area contributed by atoms with Crippen molar-refractivity contribution in [1.29, 1.82) is 0 Å². The summed E-state index contributed by atoms with van der Waals surface area (Å²) >= 11 is 2.00. The van der Waals surface area contributed by atoms with Crippen molar-refractivity contribution in [3.63, 3.8) is 0 Å². The second-order valence-electron chi connectivity index (χ2n) is 4.75. The van der Waals surface area contributed by atoms with Gasteiger partial charge in [0.2, 0.25) is 5.91 Å². The van der Waals surface area contributed by atoms with Crippen molar-refractivity contribution in [1.82, 2.24) is 10.6 Å². The number of rotatable bonds is 7. The molecule has 0 saturated carbocycles. The van der Waals surface area contributed by atoms with E-state index in [4.69, 9.17) is 0 Å². The second kappa shape index (κ2) is 7.96. The lowest BCUT2D eigenvalue weighted by Crippen LogP contribution is -2.30. The largest absolute Gasteiger partial charge is 0.356 e. The van der Waals surface area contributed by atoms with Crippen LogP contribution < -0.4 is 10.6 Å². The zero-order chi connectivity index (χ0) is 11.8. The van der Waals surface area contributed by atoms with Crippen LogP contribution >= 0.6 is 11.8 Å². The Morgan fingerprint density at radius 1 is 1.50 bits per heavy atom. The highest BCUT2D eigenvalue weighted by molar-refractivity contribution is 7.99. The maximum absolute atomic E-state index is 11.5. The van der Waals surface area contributed by atoms with Gasteiger partial charge in [-0.25, -0.2) is 0 Å². The molecule has 1 heterocycles. The van der Waals surface area contributed by atoms with Gasteiger partial charge in [-0.1, -0.05) is 13.8 Å². The molecular formula is C12H24N2OS. The molecule has 4 heteroatoms. The van der Waals surface area contributed by atoms with Gasteiger partial charge in [0.05, 0.1) is 0 Å². The van der Waals surface area contributed by atoms with E-state index in [1.54, 1.807) is 0 Å². The lowest BCUT2D eigenvalue weighted by molar-refractivity contribution is -0.121. The standard InChI is InChI=1S/C12H24N2OS/c1-10(2)13-6-3-4-12(15)14-8-11-5-7-16-9-11/h10-11,13H,3-9H2,1-2H3,(H,14,15). The molecule has 1 aliphatic heterocycles. The van der Waals surface area contributed by atoms with Gasteiger partial charge in [0, 0.05) is 19.0 Å². The summed E-state index contributed by atoms with van der Waals surface area (Å²) in [6, 6.07) is 0.513. The summed E-state index contributed by atoms with van der Waals surface area (Å²) in [6.45, 7) is 6.06. The Balaban J connectivity index is 1.94. The number of hydrogen-bond donors (Lipinski definition) is 2. The molecule has 0 aliphatic carbocycles. The van der Waals surface area contributed by atoms with Crippen LogP contribution in [0.5, 0.6) is 0 Å². The van der Waals surface area contributed by atoms with E-state index in [2.05, 4.69) is 24.5 Å². The molecule has 0 aromatic carbocycles. The van der Waals surface area contributed by atoms with Gasteiger partial charge in [0.15, 0.2) is 0 Å². The number of nitrogens with one attached hydrogen (secondary N) is 2. The lowest BCUT2D eigenvalue weighted by atomic mass is 10.1. The van der Waals surface area contributed by atoms with Crippen molar-refractivity contribution in [2.24, 2.45) is 5.92 Å². The number of thioether (sulfide) groups is 1. The van der Waals surface area contributed by atoms with E-state index in [9.17, 15) is 4.79 Å². The van der Waals surface area contributed by atoms with E-state index in [0.29, 0.717) is 18.4 Å². The van der Waals surface area contributed by atoms with Crippen molar-refractivity contribution in [2.45, 2.75) is 39.2 Å². The Bertz CT molecular complexity index is 203. The van der Waals surface area contributed by atoms with Crippen molar-refractivity contribution in [2.75, 3.05) is 24.6 Å². The van der Waals surface area contributed by atoms with Crippen LogP contribution in [0.4, 0.5) is 0 Å². The van der Waals surface area contributed by atoms with E-state index >= 15 is 0 Å². The topological polar surface area (TPSA) is 41.1 Å². The molecule has 0 spiro atoms. The molecule has 1 unspecified atom stereocenters. The highest BCUT2D eigenvalue weighted by Gasteiger charge is 2.15. The summed E-state index contributed by atoms with van der Waals surface area (Å²) in [7, 11) is 0. The lowest BCUT2D eigenvalue weighted by Gasteiger charge is -2.10. The molecule has 1 amide bonds. The average Bonchev–Trinajstić information content (AvgIpc) is 2.74. The minimum Gasteiger partial charge on any atom is -0.356 e. The van der Waals surface area contributed by atoms with Gasteiger partial charge in [-0.2, -0.15) is 11.8 Å². The monoisotopic (exact) mass is 244 g/mol. The van der Waals surface area contributed by atoms with Crippen LogP contribution in [0.2, 0.25) is 0 Å². The first kappa shape index (κ1) is 13.8. The molecule has 1 rings (SSSR count). The fourth-order valence-electron chi connectivity index (χ4n) is 1.73. The number of amides is 1. The van der Waals surface area contributed by atoms with Crippen LogP contribution in [0.25, 0.3) is 0 Å². The molecule has 0 radical (unpaired) electrons. The van der Waals surface area contributed by atoms with E-state index in [-0.39, 0.29) is 5.91 Å². The van der Waals surface area contributed by atoms with Gasteiger partial charge in [-0.05, 0) is 36.8 Å². The molecule has 1 saturated heterocycles. The maximum Gasteiger partial charge on any atom is 0.220 e. The fraction of sp³-hybridized carbons (Fsp3) is 0.917. The molecule has 1 aliphatic rings. The summed E-state index contributed by atoms with van der Waals surface area (Å²) in [5.41, 5.74) is 0. The van der Waals surface area contributed by atoms with E-state index in [1.165, 1.54) is 17.9 Å². The van der Waals surface area contributed by atoms with Crippen LogP contribution in [-0.4, -0.2) is 36.5 Å². The predicted octanol–water partition coefficient (Wildman–Crippen LogP) is 1.63. The molecule has 0 bridgehead atoms. The molecule has 0 aromatic heterocycles. The number of carbonyl (C=O) groups is 1. The smallest absolute Gasteiger partial charge is 0.220 e. The van der Waals surface area contributed by atoms with Crippen LogP contribution in [0.1, 0.15) is 33.1 Å². The highest BCUT2D eigenvalue weighted by atomic mass is 32.2. The summed E-state index contributed by atoms with van der Waals surface area (Å²) in [4.78, 5) is 11.5. The summed E-state index contributed by atoms with van der Waals surface area (Å²) in [5.74, 6) is 3.40. The van der Waals surface area contributed by atoms with E-state index in [0.717, 1.165) is 19.5 Å². The number of hydrogen-bond acceptors (Lipinski definition) is 3. The number of carbonyl (C=O) groups excluding carboxylic acids is 1. The molecule has 0 aromatic rings. The zero-order valence-electron chi connectivity index (χ0n) is 10.4. The first-order valence-corrected chi connectivity index (χ1v) is 7.41. The van der Waals surface area contributed by atoms with E-state index < -0.39 is 0 Å². The molecule has 16 heavy (non-hydrogen) atoms. The zero-order valence-corrected chi connectivity index (χ0v) is 11.2. The Hall–Kier alpha value is -0.220. The maximum atomic E-state index is 11.5. The van der Waals surface area contributed by atoms with Gasteiger partial charge in [0.1, 0.15) is 0 Å². The van der Waals surface area contributed by atoms with Crippen molar-refractivity contribution < 1.29 is 4.79 Å². The first-order chi connectivity index (χ1) is 7.68. The van der Waals surface area contributed by atoms with Gasteiger partial charge < -0.3 is 10.6 Å². The third-order valence-corrected chi connectivity index (χ3v) is 3.98. The van der Waals surface area contributed by atoms with Gasteiger partial charge in [-0.15, -0.1) is 0 Å². The Morgan fingerprint density at radius 3 is 2.94 bits per heavy atom. The molecule has 3 nitrogen and oxygen atoms in total. The Labute approximate surface area is 103 Å². The Morgan fingerprint density at radius 2 is 2.31 bits per heavy atom. The van der Waals surface area contributed by atoms with Crippen LogP contribution in [0, 0.1) is 5.92 Å². The average molecular weight is 244 g/mol. The Kier molecular flexibility index (Phi) is 6.88. The van der Waals surface area contributed by atoms with Crippen LogP contribution in [0.3, 0.4) is 0 Å². The summed E-state index contributed by atoms with van der Waals surface area (Å²) < 4.78 is 0. The molecule has 1 fully saturated rings. The normalized spacial score (nSPS) is 20.3. The minimum atomic E-state index is 0.211. The van der Waals surface area contributed by atoms with Crippen molar-refractivity contribution in [3.05, 3.63) is 0 Å². The van der Waals surface area contributed by atoms with Gasteiger partial charge in [-0.3, -0.25) is 4.79 Å². The quantitative estimate of drug-likeness (QED) is 0.669. The summed E-state index contributed by atoms with van der Waals surface area (Å²) in [6.07, 6.45) is 2.85. The molecule has 94 valence electrons. The van der Waals surface area contributed by atoms with Crippen LogP contribution in [-0.2, 0) is 4.79 Å². The van der Waals surface area contributed by atoms with Gasteiger partial charge in [0.25, 0.3) is 0 Å². The van der Waals surface area contributed by atoms with Crippen LogP contribution in [0.15, 0.2) is 0 Å². The molecule has 1 atom stereocenters. The van der Waals surface area contributed by atoms with Gasteiger partial charge >= 0.3 is 0 Å². The highest BCUT2D eigenvalue weighted by Crippen LogP contribution is 2.22. The van der Waals surface area contributed by atoms with Crippen molar-refractivity contribution in [3.8, 4) is 0 Å².